The van der Waals surface area contributed by atoms with Crippen LogP contribution in [-0.4, -0.2) is 26.0 Å². The summed E-state index contributed by atoms with van der Waals surface area (Å²) in [5, 5.41) is 14.9. The van der Waals surface area contributed by atoms with Crippen LogP contribution in [-0.2, 0) is 4.79 Å². The first-order valence-corrected chi connectivity index (χ1v) is 8.01. The summed E-state index contributed by atoms with van der Waals surface area (Å²) in [7, 11) is 0. The Labute approximate surface area is 144 Å². The van der Waals surface area contributed by atoms with Crippen molar-refractivity contribution in [1.29, 1.82) is 0 Å². The third-order valence-corrected chi connectivity index (χ3v) is 3.74. The Bertz CT molecular complexity index is 904. The summed E-state index contributed by atoms with van der Waals surface area (Å²) in [4.78, 5) is 13.0. The Morgan fingerprint density at radius 2 is 1.83 bits per heavy atom. The monoisotopic (exact) mass is 339 g/mol. The maximum absolute atomic E-state index is 11.4. The fraction of sp³-hybridized carbons (Fsp3) is 0.176. The van der Waals surface area contributed by atoms with Crippen LogP contribution in [0.4, 0.5) is 5.69 Å². The Kier molecular flexibility index (Phi) is 4.52. The first kappa shape index (κ1) is 16.1. The van der Waals surface area contributed by atoms with Gasteiger partial charge in [0.25, 0.3) is 0 Å². The summed E-state index contributed by atoms with van der Waals surface area (Å²) in [6.07, 6.45) is 0.380. The number of rotatable bonds is 3. The highest BCUT2D eigenvalue weighted by Crippen LogP contribution is 2.22. The predicted molar refractivity (Wildman–Crippen MR) is 98.3 cm³/mol. The minimum absolute atomic E-state index is 0.124. The van der Waals surface area contributed by atoms with Crippen molar-refractivity contribution in [2.24, 2.45) is 0 Å². The van der Waals surface area contributed by atoms with Gasteiger partial charge in [-0.05, 0) is 49.0 Å². The second-order valence-corrected chi connectivity index (χ2v) is 5.74. The molecule has 0 unspecified atom stereocenters. The molecule has 0 radical (unpaired) electrons. The fourth-order valence-electron chi connectivity index (χ4n) is 2.25. The molecule has 0 bridgehead atoms. The van der Waals surface area contributed by atoms with E-state index in [1.165, 1.54) is 0 Å². The van der Waals surface area contributed by atoms with Gasteiger partial charge in [-0.25, -0.2) is 0 Å². The Balaban J connectivity index is 1.89. The number of fused-ring (bicyclic) bond motifs is 1. The highest BCUT2D eigenvalue weighted by Gasteiger charge is 2.10. The zero-order valence-corrected chi connectivity index (χ0v) is 14.2. The Hall–Kier alpha value is -2.80. The van der Waals surface area contributed by atoms with E-state index in [9.17, 15) is 4.79 Å². The number of para-hydroxylation sites is 1. The van der Waals surface area contributed by atoms with Gasteiger partial charge < -0.3 is 10.6 Å². The van der Waals surface area contributed by atoms with Crippen molar-refractivity contribution in [3.8, 4) is 5.69 Å². The molecule has 122 valence electrons. The molecule has 0 fully saturated rings. The summed E-state index contributed by atoms with van der Waals surface area (Å²) in [6.45, 7) is 3.73. The highest BCUT2D eigenvalue weighted by atomic mass is 32.1. The smallest absolute Gasteiger partial charge is 0.225 e. The number of nitrogens with one attached hydrogen (secondary N) is 2. The molecule has 0 aliphatic carbocycles. The Morgan fingerprint density at radius 3 is 2.50 bits per heavy atom. The van der Waals surface area contributed by atoms with Gasteiger partial charge >= 0.3 is 0 Å². The number of amides is 1. The second-order valence-electron chi connectivity index (χ2n) is 5.34. The topological polar surface area (TPSA) is 71.8 Å². The van der Waals surface area contributed by atoms with Gasteiger partial charge in [-0.1, -0.05) is 25.1 Å². The number of aromatic nitrogens is 3. The van der Waals surface area contributed by atoms with E-state index in [0.29, 0.717) is 6.42 Å². The average Bonchev–Trinajstić information content (AvgIpc) is 2.98. The van der Waals surface area contributed by atoms with Crippen LogP contribution in [0.1, 0.15) is 18.9 Å². The van der Waals surface area contributed by atoms with Crippen LogP contribution >= 0.6 is 12.2 Å². The molecule has 0 saturated carbocycles. The number of hydrogen-bond donors (Lipinski definition) is 2. The SMILES string of the molecule is CCC(=O)NC(=S)Nc1cc2nn(-c3ccccc3)nc2cc1C. The van der Waals surface area contributed by atoms with Crippen LogP contribution in [0.5, 0.6) is 0 Å². The molecule has 24 heavy (non-hydrogen) atoms. The molecular formula is C17H17N5OS. The standard InChI is InChI=1S/C17H17N5OS/c1-3-16(23)19-17(24)18-13-10-15-14(9-11(13)2)20-22(21-15)12-7-5-4-6-8-12/h4-10H,3H2,1-2H3,(H2,18,19,23,24). The minimum atomic E-state index is -0.124. The van der Waals surface area contributed by atoms with Crippen molar-refractivity contribution in [3.05, 3.63) is 48.0 Å². The van der Waals surface area contributed by atoms with Gasteiger partial charge in [0, 0.05) is 12.1 Å². The van der Waals surface area contributed by atoms with Crippen molar-refractivity contribution < 1.29 is 4.79 Å². The first-order chi connectivity index (χ1) is 11.6. The van der Waals surface area contributed by atoms with Crippen LogP contribution < -0.4 is 10.6 Å². The van der Waals surface area contributed by atoms with Crippen molar-refractivity contribution >= 4 is 40.0 Å². The lowest BCUT2D eigenvalue weighted by molar-refractivity contribution is -0.119. The van der Waals surface area contributed by atoms with E-state index < -0.39 is 0 Å². The molecule has 1 amide bonds. The quantitative estimate of drug-likeness (QED) is 0.718. The van der Waals surface area contributed by atoms with Crippen LogP contribution in [0.3, 0.4) is 0 Å². The maximum Gasteiger partial charge on any atom is 0.225 e. The van der Waals surface area contributed by atoms with Crippen LogP contribution in [0, 0.1) is 6.92 Å². The summed E-state index contributed by atoms with van der Waals surface area (Å²) < 4.78 is 0. The van der Waals surface area contributed by atoms with Gasteiger partial charge in [-0.3, -0.25) is 4.79 Å². The second kappa shape index (κ2) is 6.76. The molecular weight excluding hydrogens is 322 g/mol. The number of carbonyl (C=O) groups excluding carboxylic acids is 1. The molecule has 1 aromatic heterocycles. The number of hydrogen-bond acceptors (Lipinski definition) is 4. The minimum Gasteiger partial charge on any atom is -0.332 e. The number of nitrogens with zero attached hydrogens (tertiary/aromatic N) is 3. The number of carbonyl (C=O) groups is 1. The van der Waals surface area contributed by atoms with Crippen molar-refractivity contribution in [3.63, 3.8) is 0 Å². The molecule has 2 aromatic carbocycles. The number of benzene rings is 2. The highest BCUT2D eigenvalue weighted by molar-refractivity contribution is 7.80. The molecule has 3 rings (SSSR count). The summed E-state index contributed by atoms with van der Waals surface area (Å²) in [6, 6.07) is 13.5. The van der Waals surface area contributed by atoms with Crippen LogP contribution in [0.25, 0.3) is 16.7 Å². The third kappa shape index (κ3) is 3.41. The van der Waals surface area contributed by atoms with E-state index in [4.69, 9.17) is 12.2 Å². The molecule has 1 heterocycles. The van der Waals surface area contributed by atoms with E-state index in [1.807, 2.05) is 49.4 Å². The predicted octanol–water partition coefficient (Wildman–Crippen LogP) is 2.95. The van der Waals surface area contributed by atoms with Crippen LogP contribution in [0.2, 0.25) is 0 Å². The Morgan fingerprint density at radius 1 is 1.17 bits per heavy atom. The van der Waals surface area contributed by atoms with Gasteiger partial charge in [-0.15, -0.1) is 10.2 Å². The maximum atomic E-state index is 11.4. The van der Waals surface area contributed by atoms with Gasteiger partial charge in [0.15, 0.2) is 5.11 Å². The number of thiocarbonyl (C=S) groups is 1. The van der Waals surface area contributed by atoms with Crippen molar-refractivity contribution in [2.45, 2.75) is 20.3 Å². The summed E-state index contributed by atoms with van der Waals surface area (Å²) in [5.41, 5.74) is 4.20. The molecule has 0 aliphatic rings. The summed E-state index contributed by atoms with van der Waals surface area (Å²) in [5.74, 6) is -0.124. The average molecular weight is 339 g/mol. The van der Waals surface area contributed by atoms with E-state index in [0.717, 1.165) is 28.0 Å². The van der Waals surface area contributed by atoms with Gasteiger partial charge in [-0.2, -0.15) is 4.80 Å². The van der Waals surface area contributed by atoms with Gasteiger partial charge in [0.1, 0.15) is 11.0 Å². The largest absolute Gasteiger partial charge is 0.332 e. The van der Waals surface area contributed by atoms with E-state index in [2.05, 4.69) is 20.8 Å². The van der Waals surface area contributed by atoms with Crippen molar-refractivity contribution in [2.75, 3.05) is 5.32 Å². The van der Waals surface area contributed by atoms with Gasteiger partial charge in [0.2, 0.25) is 5.91 Å². The zero-order valence-electron chi connectivity index (χ0n) is 13.4. The van der Waals surface area contributed by atoms with E-state index in [-0.39, 0.29) is 11.0 Å². The third-order valence-electron chi connectivity index (χ3n) is 3.54. The van der Waals surface area contributed by atoms with Gasteiger partial charge in [0.05, 0.1) is 5.69 Å². The lowest BCUT2D eigenvalue weighted by Crippen LogP contribution is -2.33. The molecule has 7 heteroatoms. The van der Waals surface area contributed by atoms with E-state index in [1.54, 1.807) is 11.7 Å². The van der Waals surface area contributed by atoms with E-state index >= 15 is 0 Å². The lowest BCUT2D eigenvalue weighted by atomic mass is 10.2. The van der Waals surface area contributed by atoms with Crippen LogP contribution in [0.15, 0.2) is 42.5 Å². The molecule has 0 saturated heterocycles. The summed E-state index contributed by atoms with van der Waals surface area (Å²) >= 11 is 5.16. The molecule has 0 aliphatic heterocycles. The van der Waals surface area contributed by atoms with Crippen molar-refractivity contribution in [1.82, 2.24) is 20.3 Å². The zero-order chi connectivity index (χ0) is 17.1. The molecule has 3 aromatic rings. The lowest BCUT2D eigenvalue weighted by Gasteiger charge is -2.10. The molecule has 2 N–H and O–H groups in total. The molecule has 0 spiro atoms. The molecule has 0 atom stereocenters. The normalized spacial score (nSPS) is 10.6. The fourth-order valence-corrected chi connectivity index (χ4v) is 2.47. The number of anilines is 1. The first-order valence-electron chi connectivity index (χ1n) is 7.61. The molecule has 6 nitrogen and oxygen atoms in total. The number of aryl methyl sites for hydroxylation is 1.